The van der Waals surface area contributed by atoms with Gasteiger partial charge in [0.1, 0.15) is 5.52 Å². The van der Waals surface area contributed by atoms with Crippen molar-refractivity contribution >= 4 is 22.9 Å². The topological polar surface area (TPSA) is 29.3 Å². The van der Waals surface area contributed by atoms with E-state index in [1.165, 1.54) is 37.3 Å². The standard InChI is InChI=1S/C16H22N2OS/c1-2-20-12-11-18-10-6-5-8-14(18)16-17-13-7-3-4-9-15(13)19-16/h3-4,7,9,14H,2,5-6,8,10-12H2,1H3. The number of hydrogen-bond donors (Lipinski definition) is 0. The molecule has 1 saturated heterocycles. The molecule has 2 aromatic rings. The van der Waals surface area contributed by atoms with E-state index in [0.717, 1.165) is 23.5 Å². The summed E-state index contributed by atoms with van der Waals surface area (Å²) < 4.78 is 5.98. The quantitative estimate of drug-likeness (QED) is 0.775. The van der Waals surface area contributed by atoms with Crippen LogP contribution in [0.2, 0.25) is 0 Å². The fraction of sp³-hybridized carbons (Fsp3) is 0.562. The van der Waals surface area contributed by atoms with Crippen molar-refractivity contribution in [2.45, 2.75) is 32.2 Å². The SMILES string of the molecule is CCSCCN1CCCCC1c1nc2ccccc2o1. The van der Waals surface area contributed by atoms with E-state index in [-0.39, 0.29) is 0 Å². The van der Waals surface area contributed by atoms with Gasteiger partial charge in [-0.3, -0.25) is 4.90 Å². The molecule has 0 saturated carbocycles. The first-order chi connectivity index (χ1) is 9.88. The summed E-state index contributed by atoms with van der Waals surface area (Å²) in [5.74, 6) is 3.31. The number of likely N-dealkylation sites (tertiary alicyclic amines) is 1. The third kappa shape index (κ3) is 3.01. The van der Waals surface area contributed by atoms with E-state index in [0.29, 0.717) is 6.04 Å². The highest BCUT2D eigenvalue weighted by Gasteiger charge is 2.27. The maximum atomic E-state index is 5.98. The molecule has 1 unspecified atom stereocenters. The number of para-hydroxylation sites is 2. The Morgan fingerprint density at radius 1 is 1.35 bits per heavy atom. The van der Waals surface area contributed by atoms with Gasteiger partial charge in [-0.2, -0.15) is 11.8 Å². The number of aromatic nitrogens is 1. The molecule has 1 aromatic carbocycles. The first-order valence-electron chi connectivity index (χ1n) is 7.55. The lowest BCUT2D eigenvalue weighted by atomic mass is 10.0. The van der Waals surface area contributed by atoms with Crippen molar-refractivity contribution in [1.82, 2.24) is 9.88 Å². The average molecular weight is 290 g/mol. The number of benzene rings is 1. The lowest BCUT2D eigenvalue weighted by Crippen LogP contribution is -2.35. The summed E-state index contributed by atoms with van der Waals surface area (Å²) in [4.78, 5) is 7.25. The predicted octanol–water partition coefficient (Wildman–Crippen LogP) is 4.11. The van der Waals surface area contributed by atoms with Crippen LogP contribution in [-0.4, -0.2) is 34.5 Å². The molecule has 1 fully saturated rings. The fourth-order valence-electron chi connectivity index (χ4n) is 2.90. The van der Waals surface area contributed by atoms with Crippen molar-refractivity contribution < 1.29 is 4.42 Å². The largest absolute Gasteiger partial charge is 0.439 e. The van der Waals surface area contributed by atoms with Crippen LogP contribution >= 0.6 is 11.8 Å². The maximum absolute atomic E-state index is 5.98. The molecule has 0 spiro atoms. The molecule has 1 aliphatic heterocycles. The van der Waals surface area contributed by atoms with Crippen LogP contribution in [0.1, 0.15) is 38.1 Å². The molecule has 0 radical (unpaired) electrons. The van der Waals surface area contributed by atoms with Gasteiger partial charge in [0.2, 0.25) is 5.89 Å². The van der Waals surface area contributed by atoms with Crippen molar-refractivity contribution in [3.8, 4) is 0 Å². The summed E-state index contributed by atoms with van der Waals surface area (Å²) in [5.41, 5.74) is 1.90. The molecular weight excluding hydrogens is 268 g/mol. The van der Waals surface area contributed by atoms with Gasteiger partial charge in [-0.05, 0) is 37.3 Å². The van der Waals surface area contributed by atoms with Crippen LogP contribution < -0.4 is 0 Å². The Bertz CT molecular complexity index is 521. The van der Waals surface area contributed by atoms with Gasteiger partial charge in [-0.15, -0.1) is 0 Å². The van der Waals surface area contributed by atoms with Crippen molar-refractivity contribution in [3.05, 3.63) is 30.2 Å². The van der Waals surface area contributed by atoms with Crippen LogP contribution in [0, 0.1) is 0 Å². The number of rotatable bonds is 5. The highest BCUT2D eigenvalue weighted by atomic mass is 32.2. The Kier molecular flexibility index (Phi) is 4.63. The number of oxazole rings is 1. The molecule has 2 heterocycles. The van der Waals surface area contributed by atoms with E-state index in [1.807, 2.05) is 36.0 Å². The van der Waals surface area contributed by atoms with Crippen molar-refractivity contribution in [2.75, 3.05) is 24.6 Å². The van der Waals surface area contributed by atoms with Gasteiger partial charge in [-0.25, -0.2) is 4.98 Å². The minimum absolute atomic E-state index is 0.369. The highest BCUT2D eigenvalue weighted by Crippen LogP contribution is 2.32. The third-order valence-corrected chi connectivity index (χ3v) is 4.82. The molecule has 0 aliphatic carbocycles. The predicted molar refractivity (Wildman–Crippen MR) is 85.2 cm³/mol. The summed E-state index contributed by atoms with van der Waals surface area (Å²) in [6.45, 7) is 4.54. The first kappa shape index (κ1) is 14.0. The van der Waals surface area contributed by atoms with E-state index < -0.39 is 0 Å². The van der Waals surface area contributed by atoms with Gasteiger partial charge in [0, 0.05) is 12.3 Å². The van der Waals surface area contributed by atoms with Gasteiger partial charge >= 0.3 is 0 Å². The van der Waals surface area contributed by atoms with E-state index in [9.17, 15) is 0 Å². The molecule has 1 aliphatic rings. The second kappa shape index (κ2) is 6.64. The summed E-state index contributed by atoms with van der Waals surface area (Å²) >= 11 is 2.01. The van der Waals surface area contributed by atoms with Gasteiger partial charge in [-0.1, -0.05) is 25.5 Å². The minimum atomic E-state index is 0.369. The van der Waals surface area contributed by atoms with Gasteiger partial charge < -0.3 is 4.42 Å². The Morgan fingerprint density at radius 3 is 3.10 bits per heavy atom. The number of thioether (sulfide) groups is 1. The van der Waals surface area contributed by atoms with Crippen molar-refractivity contribution in [1.29, 1.82) is 0 Å². The molecule has 3 nitrogen and oxygen atoms in total. The van der Waals surface area contributed by atoms with Crippen LogP contribution in [0.3, 0.4) is 0 Å². The molecular formula is C16H22N2OS. The van der Waals surface area contributed by atoms with Crippen LogP contribution in [-0.2, 0) is 0 Å². The zero-order valence-corrected chi connectivity index (χ0v) is 12.9. The molecule has 0 N–H and O–H groups in total. The molecule has 1 atom stereocenters. The second-order valence-electron chi connectivity index (χ2n) is 5.26. The Labute approximate surface area is 124 Å². The van der Waals surface area contributed by atoms with Crippen LogP contribution in [0.5, 0.6) is 0 Å². The lowest BCUT2D eigenvalue weighted by Gasteiger charge is -2.33. The Morgan fingerprint density at radius 2 is 2.25 bits per heavy atom. The van der Waals surface area contributed by atoms with Crippen molar-refractivity contribution in [3.63, 3.8) is 0 Å². The fourth-order valence-corrected chi connectivity index (χ4v) is 3.55. The summed E-state index contributed by atoms with van der Waals surface area (Å²) in [6, 6.07) is 8.43. The second-order valence-corrected chi connectivity index (χ2v) is 6.66. The summed E-state index contributed by atoms with van der Waals surface area (Å²) in [7, 11) is 0. The summed E-state index contributed by atoms with van der Waals surface area (Å²) in [6.07, 6.45) is 3.75. The molecule has 20 heavy (non-hydrogen) atoms. The molecule has 3 rings (SSSR count). The maximum Gasteiger partial charge on any atom is 0.212 e. The van der Waals surface area contributed by atoms with Gasteiger partial charge in [0.15, 0.2) is 5.58 Å². The van der Waals surface area contributed by atoms with Crippen LogP contribution in [0.25, 0.3) is 11.1 Å². The lowest BCUT2D eigenvalue weighted by molar-refractivity contribution is 0.136. The van der Waals surface area contributed by atoms with E-state index in [2.05, 4.69) is 11.8 Å². The van der Waals surface area contributed by atoms with Gasteiger partial charge in [0.25, 0.3) is 0 Å². The number of fused-ring (bicyclic) bond motifs is 1. The monoisotopic (exact) mass is 290 g/mol. The van der Waals surface area contributed by atoms with Crippen LogP contribution in [0.4, 0.5) is 0 Å². The smallest absolute Gasteiger partial charge is 0.212 e. The zero-order valence-electron chi connectivity index (χ0n) is 12.0. The van der Waals surface area contributed by atoms with E-state index >= 15 is 0 Å². The van der Waals surface area contributed by atoms with E-state index in [4.69, 9.17) is 9.40 Å². The van der Waals surface area contributed by atoms with E-state index in [1.54, 1.807) is 0 Å². The van der Waals surface area contributed by atoms with Crippen molar-refractivity contribution in [2.24, 2.45) is 0 Å². The number of nitrogens with zero attached hydrogens (tertiary/aromatic N) is 2. The Balaban J connectivity index is 1.77. The molecule has 0 amide bonds. The minimum Gasteiger partial charge on any atom is -0.439 e. The summed E-state index contributed by atoms with van der Waals surface area (Å²) in [5, 5.41) is 0. The number of piperidine rings is 1. The number of hydrogen-bond acceptors (Lipinski definition) is 4. The third-order valence-electron chi connectivity index (χ3n) is 3.94. The van der Waals surface area contributed by atoms with Crippen LogP contribution in [0.15, 0.2) is 28.7 Å². The molecule has 108 valence electrons. The molecule has 4 heteroatoms. The average Bonchev–Trinajstić information content (AvgIpc) is 2.92. The zero-order chi connectivity index (χ0) is 13.8. The Hall–Kier alpha value is -1.00. The molecule has 1 aromatic heterocycles. The van der Waals surface area contributed by atoms with Gasteiger partial charge in [0.05, 0.1) is 6.04 Å². The highest BCUT2D eigenvalue weighted by molar-refractivity contribution is 7.99. The molecule has 0 bridgehead atoms. The first-order valence-corrected chi connectivity index (χ1v) is 8.71. The normalized spacial score (nSPS) is 20.6.